The quantitative estimate of drug-likeness (QED) is 0.241. The number of nitrogens with one attached hydrogen (secondary N) is 2. The van der Waals surface area contributed by atoms with E-state index in [0.29, 0.717) is 17.7 Å². The molecule has 0 amide bonds. The summed E-state index contributed by atoms with van der Waals surface area (Å²) >= 11 is 0. The predicted octanol–water partition coefficient (Wildman–Crippen LogP) is 2.07. The Balaban J connectivity index is 2.08. The van der Waals surface area contributed by atoms with Gasteiger partial charge in [-0.3, -0.25) is 19.2 Å². The molecule has 2 aromatic rings. The molecule has 0 aromatic carbocycles. The number of imidazole rings is 1. The number of hydrogen-bond acceptors (Lipinski definition) is 10. The lowest BCUT2D eigenvalue weighted by molar-refractivity contribution is -0.151. The van der Waals surface area contributed by atoms with Crippen LogP contribution in [0.4, 0.5) is 5.82 Å². The van der Waals surface area contributed by atoms with Crippen molar-refractivity contribution in [2.75, 3.05) is 18.6 Å². The highest BCUT2D eigenvalue weighted by atomic mass is 31.2. The van der Waals surface area contributed by atoms with Gasteiger partial charge in [-0.1, -0.05) is 6.92 Å². The summed E-state index contributed by atoms with van der Waals surface area (Å²) in [5, 5.41) is 5.72. The summed E-state index contributed by atoms with van der Waals surface area (Å²) in [5.74, 6) is -1.26. The Hall–Kier alpha value is -2.60. The third-order valence-corrected chi connectivity index (χ3v) is 6.95. The van der Waals surface area contributed by atoms with E-state index in [1.165, 1.54) is 6.33 Å². The molecule has 4 atom stereocenters. The van der Waals surface area contributed by atoms with E-state index in [0.717, 1.165) is 0 Å². The van der Waals surface area contributed by atoms with Gasteiger partial charge in [0.25, 0.3) is 0 Å². The number of nitrogens with zero attached hydrogens (tertiary/aromatic N) is 4. The highest BCUT2D eigenvalue weighted by molar-refractivity contribution is 7.59. The number of anilines is 1. The van der Waals surface area contributed by atoms with Crippen molar-refractivity contribution < 1.29 is 28.4 Å². The highest BCUT2D eigenvalue weighted by Gasteiger charge is 2.31. The Morgan fingerprint density at radius 2 is 1.67 bits per heavy atom. The van der Waals surface area contributed by atoms with E-state index >= 15 is 0 Å². The molecule has 0 spiro atoms. The van der Waals surface area contributed by atoms with Crippen LogP contribution in [0.2, 0.25) is 0 Å². The van der Waals surface area contributed by atoms with E-state index in [4.69, 9.17) is 19.9 Å². The van der Waals surface area contributed by atoms with Gasteiger partial charge in [-0.15, -0.1) is 0 Å². The zero-order chi connectivity index (χ0) is 27.0. The third-order valence-electron chi connectivity index (χ3n) is 4.94. The molecule has 14 heteroatoms. The minimum Gasteiger partial charge on any atom is -0.463 e. The molecule has 0 unspecified atom stereocenters. The first-order valence-corrected chi connectivity index (χ1v) is 13.8. The fourth-order valence-corrected chi connectivity index (χ4v) is 5.16. The van der Waals surface area contributed by atoms with Crippen LogP contribution in [0.15, 0.2) is 12.7 Å². The summed E-state index contributed by atoms with van der Waals surface area (Å²) in [6, 6.07) is -0.875. The fourth-order valence-electron chi connectivity index (χ4n) is 3.14. The molecule has 0 fully saturated rings. The Kier molecular flexibility index (Phi) is 10.8. The summed E-state index contributed by atoms with van der Waals surface area (Å²) in [4.78, 5) is 36.9. The lowest BCUT2D eigenvalue weighted by atomic mass is 10.2. The van der Waals surface area contributed by atoms with E-state index in [1.54, 1.807) is 59.4 Å². The van der Waals surface area contributed by atoms with Gasteiger partial charge in [0.2, 0.25) is 7.44 Å². The van der Waals surface area contributed by atoms with Gasteiger partial charge in [0.15, 0.2) is 11.5 Å². The van der Waals surface area contributed by atoms with Crippen molar-refractivity contribution in [1.82, 2.24) is 29.7 Å². The molecule has 0 bridgehead atoms. The van der Waals surface area contributed by atoms with Crippen molar-refractivity contribution in [2.24, 2.45) is 5.92 Å². The van der Waals surface area contributed by atoms with Crippen LogP contribution in [-0.2, 0) is 34.9 Å². The smallest absolute Gasteiger partial charge is 0.323 e. The molecule has 36 heavy (non-hydrogen) atoms. The Labute approximate surface area is 211 Å². The maximum absolute atomic E-state index is 13.8. The molecule has 2 heterocycles. The fraction of sp³-hybridized carbons (Fsp3) is 0.682. The number of aromatic nitrogens is 4. The largest absolute Gasteiger partial charge is 0.463 e. The van der Waals surface area contributed by atoms with Crippen LogP contribution in [0.3, 0.4) is 0 Å². The number of esters is 2. The summed E-state index contributed by atoms with van der Waals surface area (Å²) in [5.41, 5.74) is 6.88. The van der Waals surface area contributed by atoms with Crippen LogP contribution in [-0.4, -0.2) is 68.7 Å². The molecule has 202 valence electrons. The van der Waals surface area contributed by atoms with Crippen molar-refractivity contribution >= 4 is 36.4 Å². The minimum absolute atomic E-state index is 0.0574. The molecule has 2 rings (SSSR count). The number of ether oxygens (including phenoxy) is 3. The van der Waals surface area contributed by atoms with E-state index in [2.05, 4.69) is 25.1 Å². The second-order valence-electron chi connectivity index (χ2n) is 9.26. The summed E-state index contributed by atoms with van der Waals surface area (Å²) in [6.45, 7) is 12.4. The number of rotatable bonds is 14. The number of fused-ring (bicyclic) bond motifs is 1. The van der Waals surface area contributed by atoms with Crippen molar-refractivity contribution in [1.29, 1.82) is 0 Å². The van der Waals surface area contributed by atoms with Gasteiger partial charge in [0, 0.05) is 6.54 Å². The summed E-state index contributed by atoms with van der Waals surface area (Å²) in [7, 11) is -3.50. The van der Waals surface area contributed by atoms with E-state index in [9.17, 15) is 14.2 Å². The summed E-state index contributed by atoms with van der Waals surface area (Å²) in [6.07, 6.45) is 1.70. The highest BCUT2D eigenvalue weighted by Crippen LogP contribution is 2.37. The third kappa shape index (κ3) is 8.81. The molecule has 0 aliphatic rings. The number of nitrogen functional groups attached to an aromatic ring is 1. The first-order chi connectivity index (χ1) is 16.8. The maximum Gasteiger partial charge on any atom is 0.323 e. The molecule has 0 saturated carbocycles. The van der Waals surface area contributed by atoms with Gasteiger partial charge in [0.05, 0.1) is 37.1 Å². The lowest BCUT2D eigenvalue weighted by Gasteiger charge is -2.27. The van der Waals surface area contributed by atoms with Crippen LogP contribution in [0.5, 0.6) is 0 Å². The first kappa shape index (κ1) is 29.6. The molecular weight excluding hydrogens is 489 g/mol. The van der Waals surface area contributed by atoms with Gasteiger partial charge in [0.1, 0.15) is 24.2 Å². The number of nitrogens with two attached hydrogens (primary N) is 1. The monoisotopic (exact) mass is 527 g/mol. The van der Waals surface area contributed by atoms with E-state index < -0.39 is 37.4 Å². The zero-order valence-corrected chi connectivity index (χ0v) is 22.8. The van der Waals surface area contributed by atoms with Gasteiger partial charge in [-0.25, -0.2) is 20.0 Å². The van der Waals surface area contributed by atoms with Gasteiger partial charge < -0.3 is 24.5 Å². The molecule has 0 aliphatic carbocycles. The maximum atomic E-state index is 13.8. The Morgan fingerprint density at radius 3 is 2.31 bits per heavy atom. The predicted molar refractivity (Wildman–Crippen MR) is 135 cm³/mol. The van der Waals surface area contributed by atoms with Crippen LogP contribution in [0.25, 0.3) is 11.2 Å². The SMILES string of the molecule is CC(C)OC(=O)[C@H](C)N[P@@](=O)(CO[C@H](C)Cn1cnc2c(N)ncnc21)NC[C@H](C)C(=O)OC(C)C. The van der Waals surface area contributed by atoms with Crippen LogP contribution < -0.4 is 15.9 Å². The van der Waals surface area contributed by atoms with Gasteiger partial charge in [-0.05, 0) is 41.5 Å². The average Bonchev–Trinajstić information content (AvgIpc) is 3.19. The molecule has 0 saturated heterocycles. The number of carbonyl (C=O) groups is 2. The van der Waals surface area contributed by atoms with Crippen LogP contribution >= 0.6 is 7.44 Å². The lowest BCUT2D eigenvalue weighted by Crippen LogP contribution is -2.40. The van der Waals surface area contributed by atoms with Crippen LogP contribution in [0.1, 0.15) is 48.5 Å². The van der Waals surface area contributed by atoms with Crippen molar-refractivity contribution in [3.63, 3.8) is 0 Å². The Bertz CT molecular complexity index is 1080. The molecule has 0 aliphatic heterocycles. The number of hydrogen-bond donors (Lipinski definition) is 3. The average molecular weight is 528 g/mol. The normalized spacial score (nSPS) is 16.0. The summed E-state index contributed by atoms with van der Waals surface area (Å²) < 4.78 is 31.9. The van der Waals surface area contributed by atoms with Crippen molar-refractivity contribution in [2.45, 2.75) is 79.4 Å². The second kappa shape index (κ2) is 13.1. The standard InChI is InChI=1S/C22H38N7O6P/c1-13(2)34-21(30)15(5)8-27-36(32,28-17(7)22(31)35-14(3)4)12-33-16(6)9-29-11-26-18-19(23)24-10-25-20(18)29/h10-11,13-17H,8-9,12H2,1-7H3,(H2,23,24,25)(H2,27,28,32)/t15-,16+,17-,36+/m0/s1. The van der Waals surface area contributed by atoms with Crippen molar-refractivity contribution in [3.05, 3.63) is 12.7 Å². The van der Waals surface area contributed by atoms with Gasteiger partial charge in [-0.2, -0.15) is 0 Å². The molecule has 4 N–H and O–H groups in total. The van der Waals surface area contributed by atoms with Crippen molar-refractivity contribution in [3.8, 4) is 0 Å². The molecule has 2 aromatic heterocycles. The molecule has 0 radical (unpaired) electrons. The van der Waals surface area contributed by atoms with E-state index in [-0.39, 0.29) is 30.9 Å². The van der Waals surface area contributed by atoms with E-state index in [1.807, 2.05) is 0 Å². The molecular formula is C22H38N7O6P. The van der Waals surface area contributed by atoms with Gasteiger partial charge >= 0.3 is 11.9 Å². The first-order valence-electron chi connectivity index (χ1n) is 11.9. The topological polar surface area (TPSA) is 173 Å². The second-order valence-corrected chi connectivity index (χ2v) is 11.6. The Morgan fingerprint density at radius 1 is 1.03 bits per heavy atom. The molecule has 13 nitrogen and oxygen atoms in total. The van der Waals surface area contributed by atoms with Crippen LogP contribution in [0, 0.1) is 5.92 Å². The minimum atomic E-state index is -3.50. The zero-order valence-electron chi connectivity index (χ0n) is 21.9. The number of carbonyl (C=O) groups excluding carboxylic acids is 2.